The molecule has 15 heavy (non-hydrogen) atoms. The maximum absolute atomic E-state index is 10.6. The van der Waals surface area contributed by atoms with E-state index in [1.54, 1.807) is 6.92 Å². The zero-order valence-electron chi connectivity index (χ0n) is 9.99. The van der Waals surface area contributed by atoms with Crippen LogP contribution in [0.1, 0.15) is 34.1 Å². The molecular formula is C13H20O2. The summed E-state index contributed by atoms with van der Waals surface area (Å²) in [5.74, 6) is -0.137. The van der Waals surface area contributed by atoms with Gasteiger partial charge in [0.2, 0.25) is 0 Å². The standard InChI is InChI=1S/C7H14O2.C6H6/c1-5-6(8)9-7(2,3)4;1-2-4-6-5-3-1/h5H2,1-4H3;1-6H. The lowest BCUT2D eigenvalue weighted by atomic mass is 10.2. The van der Waals surface area contributed by atoms with Crippen LogP contribution in [0.2, 0.25) is 0 Å². The summed E-state index contributed by atoms with van der Waals surface area (Å²) < 4.78 is 4.95. The molecule has 0 bridgehead atoms. The Morgan fingerprint density at radius 1 is 1.00 bits per heavy atom. The summed E-state index contributed by atoms with van der Waals surface area (Å²) in [7, 11) is 0. The third-order valence-corrected chi connectivity index (χ3v) is 1.38. The monoisotopic (exact) mass is 208 g/mol. The fourth-order valence-corrected chi connectivity index (χ4v) is 0.799. The second-order valence-corrected chi connectivity index (χ2v) is 4.09. The molecule has 0 spiro atoms. The molecule has 0 fully saturated rings. The number of hydrogen-bond donors (Lipinski definition) is 0. The molecular weight excluding hydrogens is 188 g/mol. The van der Waals surface area contributed by atoms with Crippen LogP contribution in [-0.4, -0.2) is 11.6 Å². The second kappa shape index (κ2) is 7.04. The van der Waals surface area contributed by atoms with E-state index < -0.39 is 0 Å². The Bertz CT molecular complexity index is 233. The number of rotatable bonds is 1. The van der Waals surface area contributed by atoms with Gasteiger partial charge >= 0.3 is 5.97 Å². The van der Waals surface area contributed by atoms with Gasteiger partial charge in [0.25, 0.3) is 0 Å². The van der Waals surface area contributed by atoms with E-state index in [-0.39, 0.29) is 11.6 Å². The molecule has 84 valence electrons. The highest BCUT2D eigenvalue weighted by Gasteiger charge is 2.13. The van der Waals surface area contributed by atoms with Crippen LogP contribution < -0.4 is 0 Å². The largest absolute Gasteiger partial charge is 0.460 e. The van der Waals surface area contributed by atoms with E-state index in [4.69, 9.17) is 4.74 Å². The maximum atomic E-state index is 10.6. The molecule has 2 heteroatoms. The molecule has 0 saturated carbocycles. The van der Waals surface area contributed by atoms with E-state index >= 15 is 0 Å². The molecule has 0 amide bonds. The van der Waals surface area contributed by atoms with Crippen molar-refractivity contribution in [2.75, 3.05) is 0 Å². The summed E-state index contributed by atoms with van der Waals surface area (Å²) in [6.07, 6.45) is 0.456. The summed E-state index contributed by atoms with van der Waals surface area (Å²) in [5, 5.41) is 0. The van der Waals surface area contributed by atoms with E-state index in [0.717, 1.165) is 0 Å². The topological polar surface area (TPSA) is 26.3 Å². The summed E-state index contributed by atoms with van der Waals surface area (Å²) in [5.41, 5.74) is -0.326. The average molecular weight is 208 g/mol. The first-order valence-corrected chi connectivity index (χ1v) is 5.17. The first-order valence-electron chi connectivity index (χ1n) is 5.17. The summed E-state index contributed by atoms with van der Waals surface area (Å²) in [4.78, 5) is 10.6. The van der Waals surface area contributed by atoms with Crippen molar-refractivity contribution in [3.05, 3.63) is 36.4 Å². The van der Waals surface area contributed by atoms with Crippen LogP contribution in [0.15, 0.2) is 36.4 Å². The van der Waals surface area contributed by atoms with E-state index in [1.807, 2.05) is 57.2 Å². The summed E-state index contributed by atoms with van der Waals surface area (Å²) >= 11 is 0. The maximum Gasteiger partial charge on any atom is 0.306 e. The third-order valence-electron chi connectivity index (χ3n) is 1.38. The van der Waals surface area contributed by atoms with Crippen molar-refractivity contribution in [1.82, 2.24) is 0 Å². The van der Waals surface area contributed by atoms with Gasteiger partial charge in [-0.3, -0.25) is 4.79 Å². The van der Waals surface area contributed by atoms with Crippen molar-refractivity contribution < 1.29 is 9.53 Å². The van der Waals surface area contributed by atoms with E-state index in [2.05, 4.69) is 0 Å². The number of ether oxygens (including phenoxy) is 1. The Labute approximate surface area is 92.3 Å². The van der Waals surface area contributed by atoms with Crippen LogP contribution in [0.3, 0.4) is 0 Å². The zero-order chi connectivity index (χ0) is 11.7. The Balaban J connectivity index is 0.000000280. The normalized spacial score (nSPS) is 9.87. The van der Waals surface area contributed by atoms with Crippen molar-refractivity contribution in [1.29, 1.82) is 0 Å². The van der Waals surface area contributed by atoms with Crippen LogP contribution in [0.5, 0.6) is 0 Å². The number of esters is 1. The van der Waals surface area contributed by atoms with Gasteiger partial charge in [-0.05, 0) is 20.8 Å². The Hall–Kier alpha value is -1.31. The second-order valence-electron chi connectivity index (χ2n) is 4.09. The van der Waals surface area contributed by atoms with Gasteiger partial charge in [-0.2, -0.15) is 0 Å². The molecule has 1 aromatic carbocycles. The number of carbonyl (C=O) groups excluding carboxylic acids is 1. The molecule has 0 aromatic heterocycles. The molecule has 1 rings (SSSR count). The molecule has 0 heterocycles. The fourth-order valence-electron chi connectivity index (χ4n) is 0.799. The van der Waals surface area contributed by atoms with Crippen molar-refractivity contribution in [3.63, 3.8) is 0 Å². The summed E-state index contributed by atoms with van der Waals surface area (Å²) in [6.45, 7) is 7.37. The molecule has 1 aromatic rings. The van der Waals surface area contributed by atoms with Crippen molar-refractivity contribution in [2.45, 2.75) is 39.7 Å². The van der Waals surface area contributed by atoms with E-state index in [9.17, 15) is 4.79 Å². The molecule has 0 saturated heterocycles. The van der Waals surface area contributed by atoms with Crippen molar-refractivity contribution in [3.8, 4) is 0 Å². The average Bonchev–Trinajstić information content (AvgIpc) is 2.19. The lowest BCUT2D eigenvalue weighted by Crippen LogP contribution is -2.23. The molecule has 0 unspecified atom stereocenters. The molecule has 0 aliphatic rings. The van der Waals surface area contributed by atoms with Crippen molar-refractivity contribution >= 4 is 5.97 Å². The van der Waals surface area contributed by atoms with Gasteiger partial charge < -0.3 is 4.74 Å². The Kier molecular flexibility index (Phi) is 6.43. The molecule has 0 N–H and O–H groups in total. The van der Waals surface area contributed by atoms with E-state index in [0.29, 0.717) is 6.42 Å². The SMILES string of the molecule is CCC(=O)OC(C)(C)C.c1ccccc1. The molecule has 0 aliphatic carbocycles. The van der Waals surface area contributed by atoms with Gasteiger partial charge in [0.1, 0.15) is 5.60 Å². The van der Waals surface area contributed by atoms with Crippen LogP contribution >= 0.6 is 0 Å². The van der Waals surface area contributed by atoms with Crippen LogP contribution in [0.4, 0.5) is 0 Å². The fraction of sp³-hybridized carbons (Fsp3) is 0.462. The highest BCUT2D eigenvalue weighted by atomic mass is 16.6. The molecule has 0 atom stereocenters. The van der Waals surface area contributed by atoms with E-state index in [1.165, 1.54) is 0 Å². The highest BCUT2D eigenvalue weighted by molar-refractivity contribution is 5.69. The Morgan fingerprint density at radius 3 is 1.47 bits per heavy atom. The number of benzene rings is 1. The lowest BCUT2D eigenvalue weighted by Gasteiger charge is -2.18. The smallest absolute Gasteiger partial charge is 0.306 e. The highest BCUT2D eigenvalue weighted by Crippen LogP contribution is 2.07. The molecule has 2 nitrogen and oxygen atoms in total. The minimum atomic E-state index is -0.326. The predicted molar refractivity (Wildman–Crippen MR) is 62.6 cm³/mol. The molecule has 0 aliphatic heterocycles. The first kappa shape index (κ1) is 13.7. The number of hydrogen-bond acceptors (Lipinski definition) is 2. The summed E-state index contributed by atoms with van der Waals surface area (Å²) in [6, 6.07) is 12.0. The van der Waals surface area contributed by atoms with Crippen molar-refractivity contribution in [2.24, 2.45) is 0 Å². The van der Waals surface area contributed by atoms with Gasteiger partial charge in [0, 0.05) is 6.42 Å². The minimum absolute atomic E-state index is 0.137. The quantitative estimate of drug-likeness (QED) is 0.661. The van der Waals surface area contributed by atoms with Crippen LogP contribution in [0.25, 0.3) is 0 Å². The van der Waals surface area contributed by atoms with Crippen LogP contribution in [0, 0.1) is 0 Å². The third kappa shape index (κ3) is 10.6. The van der Waals surface area contributed by atoms with Gasteiger partial charge in [-0.1, -0.05) is 43.3 Å². The zero-order valence-corrected chi connectivity index (χ0v) is 9.99. The Morgan fingerprint density at radius 2 is 1.33 bits per heavy atom. The van der Waals surface area contributed by atoms with Gasteiger partial charge in [-0.25, -0.2) is 0 Å². The van der Waals surface area contributed by atoms with Crippen LogP contribution in [-0.2, 0) is 9.53 Å². The van der Waals surface area contributed by atoms with Gasteiger partial charge in [0.15, 0.2) is 0 Å². The predicted octanol–water partition coefficient (Wildman–Crippen LogP) is 3.42. The van der Waals surface area contributed by atoms with Gasteiger partial charge in [0.05, 0.1) is 0 Å². The molecule has 0 radical (unpaired) electrons. The first-order chi connectivity index (χ1) is 6.95. The van der Waals surface area contributed by atoms with Gasteiger partial charge in [-0.15, -0.1) is 0 Å². The lowest BCUT2D eigenvalue weighted by molar-refractivity contribution is -0.154. The minimum Gasteiger partial charge on any atom is -0.460 e. The number of carbonyl (C=O) groups is 1.